The van der Waals surface area contributed by atoms with Gasteiger partial charge in [-0.05, 0) is 19.1 Å². The molecule has 0 aliphatic heterocycles. The third-order valence-corrected chi connectivity index (χ3v) is 9.48. The number of thioether (sulfide) groups is 1. The lowest BCUT2D eigenvalue weighted by atomic mass is 10.4. The van der Waals surface area contributed by atoms with Gasteiger partial charge < -0.3 is 0 Å². The van der Waals surface area contributed by atoms with Crippen molar-refractivity contribution in [1.29, 1.82) is 0 Å². The summed E-state index contributed by atoms with van der Waals surface area (Å²) in [5, 5.41) is 6.63. The van der Waals surface area contributed by atoms with E-state index < -0.39 is 6.19 Å². The van der Waals surface area contributed by atoms with Crippen molar-refractivity contribution in [2.75, 3.05) is 0 Å². The molecule has 2 nitrogen and oxygen atoms in total. The smallest absolute Gasteiger partial charge is 0.101 e. The zero-order chi connectivity index (χ0) is 18.4. The number of aromatic nitrogens is 1. The highest BCUT2D eigenvalue weighted by molar-refractivity contribution is 8.23. The molecule has 1 radical (unpaired) electrons. The van der Waals surface area contributed by atoms with Crippen LogP contribution in [0.1, 0.15) is 0 Å². The van der Waals surface area contributed by atoms with Crippen molar-refractivity contribution in [3.8, 4) is 0 Å². The Bertz CT molecular complexity index is 859. The number of nitrogens with zero attached hydrogens (tertiary/aromatic N) is 1. The van der Waals surface area contributed by atoms with Gasteiger partial charge in [0.1, 0.15) is 5.03 Å². The molecule has 0 aliphatic carbocycles. The van der Waals surface area contributed by atoms with Crippen LogP contribution in [0.2, 0.25) is 0 Å². The molecule has 0 aliphatic rings. The molecular formula is C20H18N2PS3. The summed E-state index contributed by atoms with van der Waals surface area (Å²) < 4.78 is 0.727. The van der Waals surface area contributed by atoms with Gasteiger partial charge in [-0.1, -0.05) is 103 Å². The quantitative estimate of drug-likeness (QED) is 0.368. The van der Waals surface area contributed by atoms with Gasteiger partial charge in [0.25, 0.3) is 0 Å². The monoisotopic (exact) mass is 413 g/mol. The highest BCUT2D eigenvalue weighted by Gasteiger charge is 2.25. The molecule has 131 valence electrons. The van der Waals surface area contributed by atoms with E-state index in [1.807, 2.05) is 54.6 Å². The number of thiocarbonyl (C=S) groups is 1. The number of pyridine rings is 1. The highest BCUT2D eigenvalue weighted by atomic mass is 32.4. The molecule has 1 heterocycles. The zero-order valence-corrected chi connectivity index (χ0v) is 17.3. The first kappa shape index (κ1) is 19.4. The summed E-state index contributed by atoms with van der Waals surface area (Å²) in [7, 11) is 0. The summed E-state index contributed by atoms with van der Waals surface area (Å²) >= 11 is 13.2. The van der Waals surface area contributed by atoms with Crippen molar-refractivity contribution in [1.82, 2.24) is 10.1 Å². The van der Waals surface area contributed by atoms with Crippen LogP contribution in [-0.2, 0) is 11.8 Å². The van der Waals surface area contributed by atoms with Gasteiger partial charge in [-0.3, -0.25) is 5.09 Å². The fraction of sp³-hybridized carbons (Fsp3) is 0.0500. The molecule has 1 unspecified atom stereocenters. The van der Waals surface area contributed by atoms with Crippen LogP contribution < -0.4 is 15.7 Å². The molecule has 3 aromatic rings. The maximum atomic E-state index is 6.17. The molecule has 0 saturated carbocycles. The number of benzene rings is 2. The van der Waals surface area contributed by atoms with E-state index in [4.69, 9.17) is 24.0 Å². The van der Waals surface area contributed by atoms with Gasteiger partial charge in [-0.25, -0.2) is 4.98 Å². The van der Waals surface area contributed by atoms with Crippen LogP contribution >= 0.6 is 30.2 Å². The fourth-order valence-corrected chi connectivity index (χ4v) is 7.05. The van der Waals surface area contributed by atoms with E-state index in [-0.39, 0.29) is 6.04 Å². The van der Waals surface area contributed by atoms with E-state index in [0.29, 0.717) is 0 Å². The molecule has 1 atom stereocenters. The standard InChI is InChI=1S/C20H18N2PS3/c1-16(20(24)26-19-14-8-9-15-21-19)22-23(25,17-10-4-2-5-11-17)18-12-6-3-7-13-18/h2-16H,1H2,(H,22,25). The molecule has 0 spiro atoms. The van der Waals surface area contributed by atoms with Gasteiger partial charge in [0.05, 0.1) is 16.4 Å². The number of rotatable bonds is 6. The van der Waals surface area contributed by atoms with Crippen molar-refractivity contribution in [3.63, 3.8) is 0 Å². The number of nitrogens with one attached hydrogen (secondary N) is 1. The highest BCUT2D eigenvalue weighted by Crippen LogP contribution is 2.40. The molecule has 26 heavy (non-hydrogen) atoms. The predicted octanol–water partition coefficient (Wildman–Crippen LogP) is 4.34. The summed E-state index contributed by atoms with van der Waals surface area (Å²) in [5.74, 6) is 0. The fourth-order valence-electron chi connectivity index (χ4n) is 2.43. The molecule has 0 amide bonds. The Kier molecular flexibility index (Phi) is 6.74. The number of hydrogen-bond acceptors (Lipinski definition) is 4. The van der Waals surface area contributed by atoms with Crippen LogP contribution in [0.25, 0.3) is 0 Å². The van der Waals surface area contributed by atoms with Crippen LogP contribution in [0.4, 0.5) is 0 Å². The molecule has 1 N–H and O–H groups in total. The average molecular weight is 414 g/mol. The minimum absolute atomic E-state index is 0.275. The minimum atomic E-state index is -2.24. The van der Waals surface area contributed by atoms with Crippen LogP contribution in [-0.4, -0.2) is 15.2 Å². The number of hydrogen-bond donors (Lipinski definition) is 1. The third-order valence-electron chi connectivity index (χ3n) is 3.70. The zero-order valence-electron chi connectivity index (χ0n) is 14.0. The van der Waals surface area contributed by atoms with Crippen LogP contribution in [0, 0.1) is 6.92 Å². The van der Waals surface area contributed by atoms with Crippen molar-refractivity contribution in [2.24, 2.45) is 0 Å². The van der Waals surface area contributed by atoms with Crippen LogP contribution in [0.5, 0.6) is 0 Å². The molecular weight excluding hydrogens is 395 g/mol. The Morgan fingerprint density at radius 2 is 1.46 bits per heavy atom. The molecule has 1 aromatic heterocycles. The van der Waals surface area contributed by atoms with Gasteiger partial charge in [-0.15, -0.1) is 0 Å². The molecule has 0 bridgehead atoms. The predicted molar refractivity (Wildman–Crippen MR) is 121 cm³/mol. The maximum Gasteiger partial charge on any atom is 0.101 e. The lowest BCUT2D eigenvalue weighted by Crippen LogP contribution is -2.36. The summed E-state index contributed by atoms with van der Waals surface area (Å²) in [6.07, 6.45) is -0.481. The van der Waals surface area contributed by atoms with Gasteiger partial charge in [0.15, 0.2) is 0 Å². The summed E-state index contributed by atoms with van der Waals surface area (Å²) in [5.41, 5.74) is 0. The molecule has 6 heteroatoms. The first-order chi connectivity index (χ1) is 12.6. The molecule has 0 fully saturated rings. The molecule has 3 rings (SSSR count). The van der Waals surface area contributed by atoms with Crippen molar-refractivity contribution < 1.29 is 0 Å². The lowest BCUT2D eigenvalue weighted by Gasteiger charge is -2.28. The normalized spacial score (nSPS) is 12.5. The molecule has 2 aromatic carbocycles. The van der Waals surface area contributed by atoms with Crippen molar-refractivity contribution in [3.05, 3.63) is 92.0 Å². The third kappa shape index (κ3) is 4.67. The second-order valence-electron chi connectivity index (χ2n) is 5.55. The summed E-state index contributed by atoms with van der Waals surface area (Å²) in [6.45, 7) is 4.23. The Balaban J connectivity index is 1.87. The lowest BCUT2D eigenvalue weighted by molar-refractivity contribution is 0.996. The summed E-state index contributed by atoms with van der Waals surface area (Å²) in [6, 6.07) is 25.8. The van der Waals surface area contributed by atoms with Gasteiger partial charge in [0.2, 0.25) is 0 Å². The summed E-state index contributed by atoms with van der Waals surface area (Å²) in [4.78, 5) is 4.32. The molecule has 0 saturated heterocycles. The average Bonchev–Trinajstić information content (AvgIpc) is 2.70. The second kappa shape index (κ2) is 9.03. The van der Waals surface area contributed by atoms with E-state index >= 15 is 0 Å². The Labute approximate surface area is 169 Å². The minimum Gasteiger partial charge on any atom is -0.273 e. The Morgan fingerprint density at radius 1 is 0.923 bits per heavy atom. The van der Waals surface area contributed by atoms with Gasteiger partial charge >= 0.3 is 0 Å². The SMILES string of the molecule is [CH2]C(NP(=S)(c1ccccc1)c1ccccc1)C(=S)Sc1ccccn1. The van der Waals surface area contributed by atoms with Crippen LogP contribution in [0.3, 0.4) is 0 Å². The topological polar surface area (TPSA) is 24.9 Å². The Hall–Kier alpha value is -1.36. The largest absolute Gasteiger partial charge is 0.273 e. The van der Waals surface area contributed by atoms with Gasteiger partial charge in [-0.2, -0.15) is 0 Å². The first-order valence-electron chi connectivity index (χ1n) is 8.04. The van der Waals surface area contributed by atoms with E-state index in [9.17, 15) is 0 Å². The van der Waals surface area contributed by atoms with E-state index in [1.165, 1.54) is 11.8 Å². The van der Waals surface area contributed by atoms with E-state index in [0.717, 1.165) is 19.8 Å². The van der Waals surface area contributed by atoms with Crippen molar-refractivity contribution in [2.45, 2.75) is 11.1 Å². The first-order valence-corrected chi connectivity index (χ1v) is 12.1. The second-order valence-corrected chi connectivity index (χ2v) is 11.5. The maximum absolute atomic E-state index is 6.17. The van der Waals surface area contributed by atoms with E-state index in [2.05, 4.69) is 41.3 Å². The van der Waals surface area contributed by atoms with Gasteiger partial charge in [0, 0.05) is 16.8 Å². The van der Waals surface area contributed by atoms with Crippen LogP contribution in [0.15, 0.2) is 90.1 Å². The van der Waals surface area contributed by atoms with Crippen molar-refractivity contribution >= 4 is 56.8 Å². The Morgan fingerprint density at radius 3 is 1.96 bits per heavy atom. The van der Waals surface area contributed by atoms with E-state index in [1.54, 1.807) is 6.20 Å².